The molecule has 0 aliphatic rings. The number of hydrogen-bond donors (Lipinski definition) is 1. The zero-order valence-corrected chi connectivity index (χ0v) is 12.0. The zero-order valence-electron chi connectivity index (χ0n) is 12.0. The Balaban J connectivity index is 2.38. The fourth-order valence-corrected chi connectivity index (χ4v) is 2.17. The topological polar surface area (TPSA) is 15.3 Å². The van der Waals surface area contributed by atoms with E-state index in [1.807, 2.05) is 42.2 Å². The number of benzene rings is 2. The summed E-state index contributed by atoms with van der Waals surface area (Å²) >= 11 is 0. The summed E-state index contributed by atoms with van der Waals surface area (Å²) in [6, 6.07) is 12.9. The predicted molar refractivity (Wildman–Crippen MR) is 79.8 cm³/mol. The van der Waals surface area contributed by atoms with Gasteiger partial charge < -0.3 is 4.90 Å². The highest BCUT2D eigenvalue weighted by Gasteiger charge is 2.28. The second-order valence-electron chi connectivity index (χ2n) is 4.77. The first-order chi connectivity index (χ1) is 10.4. The number of anilines is 3. The first-order valence-electron chi connectivity index (χ1n) is 6.88. The summed E-state index contributed by atoms with van der Waals surface area (Å²) in [5, 5.41) is 1.24. The molecule has 0 fully saturated rings. The standard InChI is InChI=1S/C16H16F4N2/c1-2-10-22(12-6-4-3-5-7-12)13-8-9-14(17)15(11-13)21-16(18,19)20/h3-9,11,21H,2,10H2,1H3. The molecule has 0 atom stereocenters. The molecule has 2 rings (SSSR count). The Morgan fingerprint density at radius 3 is 2.27 bits per heavy atom. The lowest BCUT2D eigenvalue weighted by Crippen LogP contribution is -2.22. The van der Waals surface area contributed by atoms with Crippen LogP contribution in [0.15, 0.2) is 48.5 Å². The maximum Gasteiger partial charge on any atom is 0.482 e. The van der Waals surface area contributed by atoms with E-state index >= 15 is 0 Å². The van der Waals surface area contributed by atoms with Gasteiger partial charge in [-0.25, -0.2) is 4.39 Å². The van der Waals surface area contributed by atoms with Gasteiger partial charge in [0.1, 0.15) is 5.82 Å². The third-order valence-electron chi connectivity index (χ3n) is 3.05. The second kappa shape index (κ2) is 6.68. The molecule has 0 bridgehead atoms. The van der Waals surface area contributed by atoms with Crippen molar-refractivity contribution in [3.8, 4) is 0 Å². The van der Waals surface area contributed by atoms with Crippen LogP contribution in [0.4, 0.5) is 34.6 Å². The number of nitrogens with one attached hydrogen (secondary N) is 1. The zero-order chi connectivity index (χ0) is 16.2. The van der Waals surface area contributed by atoms with Crippen molar-refractivity contribution < 1.29 is 17.6 Å². The Kier molecular flexibility index (Phi) is 4.90. The van der Waals surface area contributed by atoms with Crippen molar-refractivity contribution in [3.05, 3.63) is 54.3 Å². The van der Waals surface area contributed by atoms with Crippen LogP contribution in [0.25, 0.3) is 0 Å². The number of alkyl halides is 3. The molecule has 0 aliphatic heterocycles. The summed E-state index contributed by atoms with van der Waals surface area (Å²) in [5.74, 6) is -0.939. The number of para-hydroxylation sites is 1. The highest BCUT2D eigenvalue weighted by Crippen LogP contribution is 2.31. The molecular weight excluding hydrogens is 296 g/mol. The first-order valence-corrected chi connectivity index (χ1v) is 6.88. The lowest BCUT2D eigenvalue weighted by molar-refractivity contribution is -0.100. The minimum Gasteiger partial charge on any atom is -0.341 e. The van der Waals surface area contributed by atoms with Gasteiger partial charge in [0.2, 0.25) is 0 Å². The molecular formula is C16H16F4N2. The molecule has 22 heavy (non-hydrogen) atoms. The number of nitrogens with zero attached hydrogens (tertiary/aromatic N) is 1. The normalized spacial score (nSPS) is 11.3. The SMILES string of the molecule is CCCN(c1ccccc1)c1ccc(F)c(NC(F)(F)F)c1. The molecule has 6 heteroatoms. The molecule has 0 heterocycles. The van der Waals surface area contributed by atoms with Gasteiger partial charge in [-0.15, -0.1) is 0 Å². The van der Waals surface area contributed by atoms with Gasteiger partial charge in [0.15, 0.2) is 0 Å². The fourth-order valence-electron chi connectivity index (χ4n) is 2.17. The van der Waals surface area contributed by atoms with E-state index in [2.05, 4.69) is 0 Å². The minimum atomic E-state index is -4.68. The van der Waals surface area contributed by atoms with Crippen LogP contribution in [0.2, 0.25) is 0 Å². The van der Waals surface area contributed by atoms with Crippen LogP contribution in [0.3, 0.4) is 0 Å². The van der Waals surface area contributed by atoms with Crippen LogP contribution in [0.1, 0.15) is 13.3 Å². The fraction of sp³-hybridized carbons (Fsp3) is 0.250. The predicted octanol–water partition coefficient (Wildman–Crippen LogP) is 5.31. The molecule has 0 radical (unpaired) electrons. The molecule has 2 aromatic carbocycles. The lowest BCUT2D eigenvalue weighted by Gasteiger charge is -2.25. The summed E-state index contributed by atoms with van der Waals surface area (Å²) in [6.07, 6.45) is -3.88. The molecule has 0 unspecified atom stereocenters. The Hall–Kier alpha value is -2.24. The van der Waals surface area contributed by atoms with Crippen molar-refractivity contribution in [1.29, 1.82) is 0 Å². The summed E-state index contributed by atoms with van der Waals surface area (Å²) in [5.41, 5.74) is 0.761. The Morgan fingerprint density at radius 1 is 1.00 bits per heavy atom. The molecule has 0 saturated carbocycles. The van der Waals surface area contributed by atoms with E-state index in [9.17, 15) is 17.6 Å². The third-order valence-corrected chi connectivity index (χ3v) is 3.05. The van der Waals surface area contributed by atoms with Crippen molar-refractivity contribution in [2.24, 2.45) is 0 Å². The van der Waals surface area contributed by atoms with Crippen LogP contribution in [-0.4, -0.2) is 12.8 Å². The Labute approximate surface area is 126 Å². The van der Waals surface area contributed by atoms with Gasteiger partial charge in [-0.05, 0) is 36.8 Å². The van der Waals surface area contributed by atoms with Crippen molar-refractivity contribution in [1.82, 2.24) is 0 Å². The van der Waals surface area contributed by atoms with E-state index in [-0.39, 0.29) is 0 Å². The molecule has 0 aliphatic carbocycles. The minimum absolute atomic E-state index is 0.501. The van der Waals surface area contributed by atoms with Crippen molar-refractivity contribution >= 4 is 17.1 Å². The van der Waals surface area contributed by atoms with Crippen molar-refractivity contribution in [3.63, 3.8) is 0 Å². The van der Waals surface area contributed by atoms with Gasteiger partial charge in [0.25, 0.3) is 0 Å². The largest absolute Gasteiger partial charge is 0.482 e. The number of hydrogen-bond acceptors (Lipinski definition) is 2. The van der Waals surface area contributed by atoms with Crippen LogP contribution in [-0.2, 0) is 0 Å². The molecule has 0 spiro atoms. The summed E-state index contributed by atoms with van der Waals surface area (Å²) < 4.78 is 50.9. The van der Waals surface area contributed by atoms with E-state index in [1.165, 1.54) is 17.4 Å². The van der Waals surface area contributed by atoms with E-state index in [0.29, 0.717) is 12.2 Å². The number of rotatable bonds is 5. The van der Waals surface area contributed by atoms with Crippen molar-refractivity contribution in [2.45, 2.75) is 19.6 Å². The van der Waals surface area contributed by atoms with Crippen LogP contribution in [0.5, 0.6) is 0 Å². The smallest absolute Gasteiger partial charge is 0.341 e. The van der Waals surface area contributed by atoms with Gasteiger partial charge in [0.05, 0.1) is 5.69 Å². The molecule has 0 amide bonds. The molecule has 1 N–H and O–H groups in total. The Morgan fingerprint density at radius 2 is 1.68 bits per heavy atom. The van der Waals surface area contributed by atoms with E-state index < -0.39 is 17.8 Å². The maximum absolute atomic E-state index is 13.6. The second-order valence-corrected chi connectivity index (χ2v) is 4.77. The average Bonchev–Trinajstić information content (AvgIpc) is 2.47. The van der Waals surface area contributed by atoms with Crippen LogP contribution < -0.4 is 10.2 Å². The average molecular weight is 312 g/mol. The van der Waals surface area contributed by atoms with Gasteiger partial charge >= 0.3 is 6.30 Å². The maximum atomic E-state index is 13.6. The lowest BCUT2D eigenvalue weighted by atomic mass is 10.2. The molecule has 2 nitrogen and oxygen atoms in total. The summed E-state index contributed by atoms with van der Waals surface area (Å²) in [6.45, 7) is 2.58. The highest BCUT2D eigenvalue weighted by molar-refractivity contribution is 5.67. The molecule has 118 valence electrons. The van der Waals surface area contributed by atoms with Crippen LogP contribution in [0, 0.1) is 5.82 Å². The molecule has 0 saturated heterocycles. The summed E-state index contributed by atoms with van der Waals surface area (Å²) in [4.78, 5) is 1.85. The van der Waals surface area contributed by atoms with Crippen molar-refractivity contribution in [2.75, 3.05) is 16.8 Å². The third kappa shape index (κ3) is 4.13. The quantitative estimate of drug-likeness (QED) is 0.595. The van der Waals surface area contributed by atoms with E-state index in [0.717, 1.165) is 18.2 Å². The first kappa shape index (κ1) is 16.1. The van der Waals surface area contributed by atoms with Gasteiger partial charge in [-0.3, -0.25) is 5.32 Å². The van der Waals surface area contributed by atoms with Gasteiger partial charge in [-0.2, -0.15) is 13.2 Å². The van der Waals surface area contributed by atoms with E-state index in [4.69, 9.17) is 0 Å². The number of halogens is 4. The summed E-state index contributed by atoms with van der Waals surface area (Å²) in [7, 11) is 0. The molecule has 0 aromatic heterocycles. The molecule has 2 aromatic rings. The Bertz CT molecular complexity index is 611. The van der Waals surface area contributed by atoms with Crippen LogP contribution >= 0.6 is 0 Å². The van der Waals surface area contributed by atoms with Gasteiger partial charge in [0, 0.05) is 17.9 Å². The van der Waals surface area contributed by atoms with E-state index in [1.54, 1.807) is 0 Å². The highest BCUT2D eigenvalue weighted by atomic mass is 19.4. The monoisotopic (exact) mass is 312 g/mol. The van der Waals surface area contributed by atoms with Gasteiger partial charge in [-0.1, -0.05) is 25.1 Å².